The Morgan fingerprint density at radius 1 is 1.26 bits per heavy atom. The molecule has 0 aliphatic carbocycles. The van der Waals surface area contributed by atoms with E-state index in [-0.39, 0.29) is 0 Å². The highest BCUT2D eigenvalue weighted by Crippen LogP contribution is 2.22. The van der Waals surface area contributed by atoms with E-state index >= 15 is 0 Å². The van der Waals surface area contributed by atoms with Gasteiger partial charge in [-0.15, -0.1) is 0 Å². The summed E-state index contributed by atoms with van der Waals surface area (Å²) in [6.07, 6.45) is 8.06. The van der Waals surface area contributed by atoms with Gasteiger partial charge >= 0.3 is 0 Å². The number of benzene rings is 1. The molecule has 1 saturated heterocycles. The van der Waals surface area contributed by atoms with Crippen LogP contribution in [0.15, 0.2) is 43.3 Å². The van der Waals surface area contributed by atoms with Crippen molar-refractivity contribution in [3.63, 3.8) is 0 Å². The molecule has 0 amide bonds. The summed E-state index contributed by atoms with van der Waals surface area (Å²) in [5.74, 6) is 0.741. The predicted molar refractivity (Wildman–Crippen MR) is 101 cm³/mol. The van der Waals surface area contributed by atoms with Gasteiger partial charge in [0, 0.05) is 29.7 Å². The molecule has 0 saturated carbocycles. The Balaban J connectivity index is 1.83. The number of anilines is 1. The zero-order valence-electron chi connectivity index (χ0n) is 13.8. The lowest BCUT2D eigenvalue weighted by molar-refractivity contribution is 0.369. The van der Waals surface area contributed by atoms with Crippen molar-refractivity contribution in [2.75, 3.05) is 31.5 Å². The third-order valence-electron chi connectivity index (χ3n) is 4.20. The molecule has 0 radical (unpaired) electrons. The average Bonchev–Trinajstić information content (AvgIpc) is 2.60. The topological polar surface area (TPSA) is 62.1 Å². The number of rotatable bonds is 8. The zero-order valence-corrected chi connectivity index (χ0v) is 13.8. The molecule has 4 heteroatoms. The molecule has 23 heavy (non-hydrogen) atoms. The maximum atomic E-state index is 6.08. The zero-order chi connectivity index (χ0) is 16.5. The number of hydrogen-bond donors (Lipinski definition) is 4. The fourth-order valence-electron chi connectivity index (χ4n) is 2.83. The summed E-state index contributed by atoms with van der Waals surface area (Å²) in [4.78, 5) is 0. The van der Waals surface area contributed by atoms with Gasteiger partial charge < -0.3 is 21.7 Å². The van der Waals surface area contributed by atoms with Crippen LogP contribution in [0, 0.1) is 5.92 Å². The van der Waals surface area contributed by atoms with Gasteiger partial charge in [0.2, 0.25) is 0 Å². The van der Waals surface area contributed by atoms with E-state index in [1.54, 1.807) is 0 Å². The Kier molecular flexibility index (Phi) is 6.76. The average molecular weight is 312 g/mol. The molecule has 1 aromatic rings. The molecule has 0 unspecified atom stereocenters. The van der Waals surface area contributed by atoms with E-state index in [9.17, 15) is 0 Å². The molecular formula is C19H28N4. The summed E-state index contributed by atoms with van der Waals surface area (Å²) >= 11 is 0. The van der Waals surface area contributed by atoms with Crippen LogP contribution in [0.3, 0.4) is 0 Å². The highest BCUT2D eigenvalue weighted by atomic mass is 14.9. The molecule has 4 nitrogen and oxygen atoms in total. The first-order chi connectivity index (χ1) is 11.2. The summed E-state index contributed by atoms with van der Waals surface area (Å²) in [7, 11) is 0. The minimum atomic E-state index is 0.598. The van der Waals surface area contributed by atoms with E-state index in [4.69, 9.17) is 5.73 Å². The Morgan fingerprint density at radius 2 is 2.04 bits per heavy atom. The van der Waals surface area contributed by atoms with Crippen molar-refractivity contribution in [2.45, 2.75) is 12.8 Å². The van der Waals surface area contributed by atoms with Gasteiger partial charge in [-0.3, -0.25) is 0 Å². The van der Waals surface area contributed by atoms with Gasteiger partial charge in [-0.25, -0.2) is 0 Å². The Labute approximate surface area is 139 Å². The van der Waals surface area contributed by atoms with Gasteiger partial charge in [0.15, 0.2) is 0 Å². The van der Waals surface area contributed by atoms with Crippen LogP contribution in [-0.4, -0.2) is 26.2 Å². The second-order valence-corrected chi connectivity index (χ2v) is 5.89. The minimum Gasteiger partial charge on any atom is -0.399 e. The minimum absolute atomic E-state index is 0.598. The molecule has 5 N–H and O–H groups in total. The number of nitrogens with two attached hydrogens (primary N) is 1. The predicted octanol–water partition coefficient (Wildman–Crippen LogP) is 2.77. The van der Waals surface area contributed by atoms with Gasteiger partial charge in [0.05, 0.1) is 6.54 Å². The van der Waals surface area contributed by atoms with Gasteiger partial charge in [-0.2, -0.15) is 0 Å². The molecule has 1 aliphatic rings. The highest BCUT2D eigenvalue weighted by Gasteiger charge is 2.11. The SMILES string of the molecule is C=Cc1cccc(NC/C(N)=C/NCC2CCNCC2)c1C=C. The quantitative estimate of drug-likeness (QED) is 0.596. The van der Waals surface area contributed by atoms with E-state index < -0.39 is 0 Å². The maximum absolute atomic E-state index is 6.08. The van der Waals surface area contributed by atoms with Crippen LogP contribution in [0.1, 0.15) is 24.0 Å². The summed E-state index contributed by atoms with van der Waals surface area (Å²) in [6.45, 7) is 11.5. The van der Waals surface area contributed by atoms with Gasteiger partial charge in [0.25, 0.3) is 0 Å². The second kappa shape index (κ2) is 9.06. The Morgan fingerprint density at radius 3 is 2.74 bits per heavy atom. The van der Waals surface area contributed by atoms with Crippen molar-refractivity contribution in [3.05, 3.63) is 54.4 Å². The lowest BCUT2D eigenvalue weighted by Gasteiger charge is -2.22. The van der Waals surface area contributed by atoms with Crippen molar-refractivity contribution in [3.8, 4) is 0 Å². The molecule has 1 heterocycles. The first-order valence-corrected chi connectivity index (χ1v) is 8.25. The standard InChI is InChI=1S/C19H28N4/c1-3-16-6-5-7-19(18(16)4-2)23-14-17(20)13-22-12-15-8-10-21-11-9-15/h3-7,13,15,21-23H,1-2,8-12,14,20H2/b17-13-. The smallest absolute Gasteiger partial charge is 0.0560 e. The normalized spacial score (nSPS) is 15.9. The van der Waals surface area contributed by atoms with Crippen LogP contribution in [0.2, 0.25) is 0 Å². The first kappa shape index (κ1) is 17.2. The van der Waals surface area contributed by atoms with Crippen LogP contribution in [0.25, 0.3) is 12.2 Å². The highest BCUT2D eigenvalue weighted by molar-refractivity contribution is 5.75. The van der Waals surface area contributed by atoms with Crippen molar-refractivity contribution >= 4 is 17.8 Å². The van der Waals surface area contributed by atoms with E-state index in [0.717, 1.165) is 48.1 Å². The summed E-state index contributed by atoms with van der Waals surface area (Å²) in [5, 5.41) is 10.1. The first-order valence-electron chi connectivity index (χ1n) is 8.25. The number of piperidine rings is 1. The van der Waals surface area contributed by atoms with Crippen LogP contribution >= 0.6 is 0 Å². The number of nitrogens with one attached hydrogen (secondary N) is 3. The number of hydrogen-bond acceptors (Lipinski definition) is 4. The van der Waals surface area contributed by atoms with E-state index in [1.807, 2.05) is 36.6 Å². The molecule has 0 atom stereocenters. The molecular weight excluding hydrogens is 284 g/mol. The Bertz CT molecular complexity index is 556. The molecule has 1 aliphatic heterocycles. The van der Waals surface area contributed by atoms with Crippen molar-refractivity contribution in [2.24, 2.45) is 11.7 Å². The third-order valence-corrected chi connectivity index (χ3v) is 4.20. The van der Waals surface area contributed by atoms with Gasteiger partial charge in [-0.05, 0) is 43.5 Å². The summed E-state index contributed by atoms with van der Waals surface area (Å²) < 4.78 is 0. The molecule has 2 rings (SSSR count). The third kappa shape index (κ3) is 5.18. The van der Waals surface area contributed by atoms with Crippen molar-refractivity contribution < 1.29 is 0 Å². The van der Waals surface area contributed by atoms with Crippen LogP contribution < -0.4 is 21.7 Å². The van der Waals surface area contributed by atoms with E-state index in [1.165, 1.54) is 12.8 Å². The maximum Gasteiger partial charge on any atom is 0.0560 e. The van der Waals surface area contributed by atoms with Crippen LogP contribution in [0.5, 0.6) is 0 Å². The summed E-state index contributed by atoms with van der Waals surface area (Å²) in [6, 6.07) is 6.05. The van der Waals surface area contributed by atoms with Crippen molar-refractivity contribution in [1.29, 1.82) is 0 Å². The molecule has 124 valence electrons. The van der Waals surface area contributed by atoms with Gasteiger partial charge in [0.1, 0.15) is 0 Å². The Hall–Kier alpha value is -2.20. The monoisotopic (exact) mass is 312 g/mol. The van der Waals surface area contributed by atoms with Crippen LogP contribution in [0.4, 0.5) is 5.69 Å². The second-order valence-electron chi connectivity index (χ2n) is 5.89. The van der Waals surface area contributed by atoms with Crippen molar-refractivity contribution in [1.82, 2.24) is 10.6 Å². The molecule has 0 spiro atoms. The molecule has 0 aromatic heterocycles. The fourth-order valence-corrected chi connectivity index (χ4v) is 2.83. The van der Waals surface area contributed by atoms with E-state index in [0.29, 0.717) is 6.54 Å². The molecule has 1 aromatic carbocycles. The van der Waals surface area contributed by atoms with E-state index in [2.05, 4.69) is 29.1 Å². The summed E-state index contributed by atoms with van der Waals surface area (Å²) in [5.41, 5.74) is 10.0. The van der Waals surface area contributed by atoms with Crippen LogP contribution in [-0.2, 0) is 0 Å². The molecule has 1 fully saturated rings. The van der Waals surface area contributed by atoms with Gasteiger partial charge in [-0.1, -0.05) is 37.4 Å². The molecule has 0 bridgehead atoms. The lowest BCUT2D eigenvalue weighted by Crippen LogP contribution is -2.32. The fraction of sp³-hybridized carbons (Fsp3) is 0.368. The largest absolute Gasteiger partial charge is 0.399 e. The lowest BCUT2D eigenvalue weighted by atomic mass is 9.98.